The van der Waals surface area contributed by atoms with Crippen LogP contribution in [0.15, 0.2) is 224 Å². The number of fused-ring (bicyclic) bond motifs is 7. The molecular weight excluding hydrogens is 732 g/mol. The van der Waals surface area contributed by atoms with Crippen LogP contribution in [0.2, 0.25) is 0 Å². The topological polar surface area (TPSA) is 17.4 Å². The van der Waals surface area contributed by atoms with Crippen LogP contribution in [0, 0.1) is 0 Å². The van der Waals surface area contributed by atoms with Crippen molar-refractivity contribution in [3.8, 4) is 28.3 Å². The summed E-state index contributed by atoms with van der Waals surface area (Å²) in [5, 5.41) is 7.73. The van der Waals surface area contributed by atoms with Crippen LogP contribution in [0.5, 0.6) is 11.5 Å². The standard InChI is InChI=1S/C54H37BN2OSi/c1-5-20-38(21-6-1)57-50-34-18-15-30-45(50)46-36-42(59(39-22-7-2-8-23-39,40-24-9-3-10-25-40)41-26-11-4-12-27-41)37-52-53(46)55(57)47-31-19-35-51(54(47)58-52)56-48-32-16-13-28-43(48)44-29-14-17-33-49(44)56/h1-37H. The van der Waals surface area contributed by atoms with Crippen molar-refractivity contribution >= 4 is 79.8 Å². The number of aromatic nitrogens is 1. The highest BCUT2D eigenvalue weighted by molar-refractivity contribution is 7.20. The molecule has 5 heteroatoms. The maximum Gasteiger partial charge on any atom is 0.336 e. The number of hydrogen-bond acceptors (Lipinski definition) is 2. The van der Waals surface area contributed by atoms with Crippen molar-refractivity contribution in [3.05, 3.63) is 224 Å². The van der Waals surface area contributed by atoms with E-state index < -0.39 is 8.07 Å². The van der Waals surface area contributed by atoms with Crippen LogP contribution in [0.3, 0.4) is 0 Å². The van der Waals surface area contributed by atoms with E-state index in [9.17, 15) is 0 Å². The van der Waals surface area contributed by atoms with Gasteiger partial charge in [0.15, 0.2) is 8.07 Å². The summed E-state index contributed by atoms with van der Waals surface area (Å²) in [6.45, 7) is -0.149. The van der Waals surface area contributed by atoms with E-state index in [1.165, 1.54) is 53.8 Å². The smallest absolute Gasteiger partial charge is 0.336 e. The fraction of sp³-hybridized carbons (Fsp3) is 0. The van der Waals surface area contributed by atoms with E-state index in [1.54, 1.807) is 0 Å². The minimum atomic E-state index is -2.94. The molecule has 0 unspecified atom stereocenters. The Balaban J connectivity index is 1.21. The highest BCUT2D eigenvalue weighted by atomic mass is 28.3. The molecule has 0 amide bonds. The SMILES string of the molecule is c1ccc(N2B3c4cccc(-n5c6ccccc6c6ccccc65)c4Oc4cc([Si](c5ccccc5)(c5ccccc5)c5ccccc5)cc(c43)-c3ccccc32)cc1. The van der Waals surface area contributed by atoms with Crippen molar-refractivity contribution in [2.24, 2.45) is 0 Å². The molecule has 3 nitrogen and oxygen atoms in total. The monoisotopic (exact) mass is 768 g/mol. The summed E-state index contributed by atoms with van der Waals surface area (Å²) < 4.78 is 10.00. The average molecular weight is 769 g/mol. The number of ether oxygens (including phenoxy) is 1. The number of anilines is 2. The van der Waals surface area contributed by atoms with Crippen LogP contribution in [-0.2, 0) is 0 Å². The highest BCUT2D eigenvalue weighted by Gasteiger charge is 2.48. The summed E-state index contributed by atoms with van der Waals surface area (Å²) in [5.41, 5.74) is 10.4. The molecule has 0 saturated carbocycles. The zero-order valence-electron chi connectivity index (χ0n) is 32.2. The molecule has 0 N–H and O–H groups in total. The first-order valence-corrected chi connectivity index (χ1v) is 22.4. The first-order chi connectivity index (χ1) is 29.3. The molecule has 3 heterocycles. The van der Waals surface area contributed by atoms with Gasteiger partial charge in [0.25, 0.3) is 0 Å². The number of rotatable bonds is 6. The molecule has 0 saturated heterocycles. The van der Waals surface area contributed by atoms with Crippen LogP contribution in [-0.4, -0.2) is 19.5 Å². The van der Waals surface area contributed by atoms with Crippen LogP contribution in [0.25, 0.3) is 38.6 Å². The molecule has 0 aliphatic carbocycles. The summed E-state index contributed by atoms with van der Waals surface area (Å²) in [7, 11) is -2.94. The van der Waals surface area contributed by atoms with Crippen molar-refractivity contribution < 1.29 is 4.74 Å². The lowest BCUT2D eigenvalue weighted by Gasteiger charge is -2.43. The van der Waals surface area contributed by atoms with Gasteiger partial charge in [-0.3, -0.25) is 0 Å². The van der Waals surface area contributed by atoms with Crippen LogP contribution in [0.1, 0.15) is 0 Å². The van der Waals surface area contributed by atoms with Crippen molar-refractivity contribution in [1.82, 2.24) is 4.57 Å². The van der Waals surface area contributed by atoms with Gasteiger partial charge in [-0.05, 0) is 74.2 Å². The zero-order chi connectivity index (χ0) is 38.9. The van der Waals surface area contributed by atoms with Gasteiger partial charge in [-0.1, -0.05) is 182 Å². The van der Waals surface area contributed by atoms with Crippen molar-refractivity contribution in [3.63, 3.8) is 0 Å². The van der Waals surface area contributed by atoms with Gasteiger partial charge in [0.2, 0.25) is 0 Å². The first-order valence-electron chi connectivity index (χ1n) is 20.4. The third-order valence-electron chi connectivity index (χ3n) is 12.6. The van der Waals surface area contributed by atoms with Crippen molar-refractivity contribution in [1.29, 1.82) is 0 Å². The Hall–Kier alpha value is -7.34. The van der Waals surface area contributed by atoms with Crippen LogP contribution in [0.4, 0.5) is 11.4 Å². The highest BCUT2D eigenvalue weighted by Crippen LogP contribution is 2.45. The maximum atomic E-state index is 7.59. The second-order valence-electron chi connectivity index (χ2n) is 15.6. The van der Waals surface area contributed by atoms with Gasteiger partial charge >= 0.3 is 6.85 Å². The second kappa shape index (κ2) is 13.4. The molecule has 10 aromatic rings. The largest absolute Gasteiger partial charge is 0.456 e. The molecule has 2 aliphatic heterocycles. The number of nitrogens with zero attached hydrogens (tertiary/aromatic N) is 2. The molecule has 12 rings (SSSR count). The Morgan fingerprint density at radius 1 is 0.407 bits per heavy atom. The van der Waals surface area contributed by atoms with Gasteiger partial charge in [0.1, 0.15) is 11.5 Å². The first kappa shape index (κ1) is 33.8. The van der Waals surface area contributed by atoms with E-state index in [4.69, 9.17) is 4.74 Å². The molecule has 276 valence electrons. The normalized spacial score (nSPS) is 12.8. The Bertz CT molecular complexity index is 3050. The zero-order valence-corrected chi connectivity index (χ0v) is 33.2. The molecule has 0 radical (unpaired) electrons. The van der Waals surface area contributed by atoms with Crippen LogP contribution >= 0.6 is 0 Å². The third kappa shape index (κ3) is 4.95. The molecule has 2 aliphatic rings. The van der Waals surface area contributed by atoms with Crippen molar-refractivity contribution in [2.75, 3.05) is 4.81 Å². The number of hydrogen-bond donors (Lipinski definition) is 0. The third-order valence-corrected chi connectivity index (χ3v) is 17.3. The minimum Gasteiger partial charge on any atom is -0.456 e. The average Bonchev–Trinajstić information content (AvgIpc) is 3.65. The van der Waals surface area contributed by atoms with E-state index in [2.05, 4.69) is 234 Å². The second-order valence-corrected chi connectivity index (χ2v) is 19.4. The molecule has 0 spiro atoms. The molecule has 1 aromatic heterocycles. The lowest BCUT2D eigenvalue weighted by atomic mass is 9.44. The van der Waals surface area contributed by atoms with E-state index in [0.29, 0.717) is 0 Å². The lowest BCUT2D eigenvalue weighted by molar-refractivity contribution is 0.485. The summed E-state index contributed by atoms with van der Waals surface area (Å²) in [5.74, 6) is 1.78. The van der Waals surface area contributed by atoms with Gasteiger partial charge in [-0.15, -0.1) is 0 Å². The lowest BCUT2D eigenvalue weighted by Crippen LogP contribution is -2.75. The Kier molecular flexibility index (Phi) is 7.65. The Morgan fingerprint density at radius 3 is 1.53 bits per heavy atom. The molecule has 0 bridgehead atoms. The number of benzene rings is 9. The van der Waals surface area contributed by atoms with E-state index in [-0.39, 0.29) is 6.85 Å². The molecule has 0 fully saturated rings. The number of para-hydroxylation sites is 5. The Morgan fingerprint density at radius 2 is 0.915 bits per heavy atom. The van der Waals surface area contributed by atoms with Gasteiger partial charge in [0, 0.05) is 33.2 Å². The summed E-state index contributed by atoms with van der Waals surface area (Å²) >= 11 is 0. The fourth-order valence-corrected chi connectivity index (χ4v) is 15.0. The van der Waals surface area contributed by atoms with E-state index in [0.717, 1.165) is 39.4 Å². The summed E-state index contributed by atoms with van der Waals surface area (Å²) in [4.78, 5) is 2.54. The fourth-order valence-electron chi connectivity index (χ4n) is 10.2. The predicted molar refractivity (Wildman–Crippen MR) is 250 cm³/mol. The van der Waals surface area contributed by atoms with Gasteiger partial charge < -0.3 is 14.1 Å². The van der Waals surface area contributed by atoms with Crippen LogP contribution < -0.4 is 41.2 Å². The molecule has 9 aromatic carbocycles. The van der Waals surface area contributed by atoms with Gasteiger partial charge in [-0.2, -0.15) is 0 Å². The maximum absolute atomic E-state index is 7.59. The quantitative estimate of drug-likeness (QED) is 0.124. The summed E-state index contributed by atoms with van der Waals surface area (Å²) in [6, 6.07) is 82.5. The van der Waals surface area contributed by atoms with E-state index in [1.807, 2.05) is 0 Å². The summed E-state index contributed by atoms with van der Waals surface area (Å²) in [6.07, 6.45) is 0. The molecule has 59 heavy (non-hydrogen) atoms. The van der Waals surface area contributed by atoms with Crippen molar-refractivity contribution in [2.45, 2.75) is 0 Å². The van der Waals surface area contributed by atoms with E-state index >= 15 is 0 Å². The predicted octanol–water partition coefficient (Wildman–Crippen LogP) is 9.19. The molecule has 0 atom stereocenters. The van der Waals surface area contributed by atoms with Gasteiger partial charge in [-0.25, -0.2) is 0 Å². The molecular formula is C54H37BN2OSi. The Labute approximate surface area is 345 Å². The minimum absolute atomic E-state index is 0.149. The van der Waals surface area contributed by atoms with Gasteiger partial charge in [0.05, 0.1) is 16.7 Å².